The Bertz CT molecular complexity index is 890. The largest absolute Gasteiger partial charge is 0.469 e. The zero-order valence-electron chi connectivity index (χ0n) is 15.7. The number of esters is 1. The number of carbonyl (C=O) groups is 3. The summed E-state index contributed by atoms with van der Waals surface area (Å²) >= 11 is 6.85. The number of nitrogens with zero attached hydrogens (tertiary/aromatic N) is 1. The minimum Gasteiger partial charge on any atom is -0.469 e. The van der Waals surface area contributed by atoms with Crippen molar-refractivity contribution in [3.63, 3.8) is 0 Å². The molecule has 162 valence electrons. The van der Waals surface area contributed by atoms with E-state index in [9.17, 15) is 27.6 Å². The summed E-state index contributed by atoms with van der Waals surface area (Å²) in [5.74, 6) is -2.52. The topological polar surface area (TPSA) is 75.7 Å². The predicted molar refractivity (Wildman–Crippen MR) is 106 cm³/mol. The van der Waals surface area contributed by atoms with Crippen LogP contribution in [0.3, 0.4) is 0 Å². The summed E-state index contributed by atoms with van der Waals surface area (Å²) in [5, 5.41) is 4.18. The van der Waals surface area contributed by atoms with Crippen molar-refractivity contribution in [3.8, 4) is 0 Å². The molecule has 1 N–H and O–H groups in total. The number of hydrogen-bond donors (Lipinski definition) is 1. The van der Waals surface area contributed by atoms with Gasteiger partial charge in [0, 0.05) is 17.1 Å². The minimum atomic E-state index is -4.63. The van der Waals surface area contributed by atoms with E-state index < -0.39 is 41.4 Å². The summed E-state index contributed by atoms with van der Waals surface area (Å²) < 4.78 is 44.0. The van der Waals surface area contributed by atoms with Crippen molar-refractivity contribution in [2.75, 3.05) is 24.4 Å². The summed E-state index contributed by atoms with van der Waals surface area (Å²) in [6.45, 7) is -0.0706. The molecule has 0 saturated heterocycles. The fraction of sp³-hybridized carbons (Fsp3) is 0.316. The molecule has 0 fully saturated rings. The van der Waals surface area contributed by atoms with Crippen LogP contribution in [-0.4, -0.2) is 37.3 Å². The summed E-state index contributed by atoms with van der Waals surface area (Å²) in [7, 11) is 1.20. The van der Waals surface area contributed by atoms with Crippen LogP contribution in [0.25, 0.3) is 0 Å². The average molecular weight is 463 g/mol. The second kappa shape index (κ2) is 10.4. The lowest BCUT2D eigenvalue weighted by Crippen LogP contribution is -2.44. The molecule has 1 aromatic heterocycles. The van der Waals surface area contributed by atoms with Crippen molar-refractivity contribution in [1.29, 1.82) is 0 Å². The third kappa shape index (κ3) is 5.96. The van der Waals surface area contributed by atoms with E-state index in [1.165, 1.54) is 13.2 Å². The highest BCUT2D eigenvalue weighted by Gasteiger charge is 2.35. The van der Waals surface area contributed by atoms with Crippen molar-refractivity contribution in [2.24, 2.45) is 0 Å². The van der Waals surface area contributed by atoms with Crippen molar-refractivity contribution in [3.05, 3.63) is 52.2 Å². The molecule has 0 spiro atoms. The van der Waals surface area contributed by atoms with Crippen LogP contribution < -0.4 is 10.2 Å². The maximum absolute atomic E-state index is 13.2. The number of anilines is 1. The number of halogens is 4. The lowest BCUT2D eigenvalue weighted by molar-refractivity contribution is -0.140. The maximum Gasteiger partial charge on any atom is 0.416 e. The first-order valence-electron chi connectivity index (χ1n) is 8.62. The van der Waals surface area contributed by atoms with Gasteiger partial charge in [-0.1, -0.05) is 12.1 Å². The van der Waals surface area contributed by atoms with E-state index in [1.54, 1.807) is 17.5 Å². The Morgan fingerprint density at radius 2 is 1.97 bits per heavy atom. The highest BCUT2D eigenvalue weighted by Crippen LogP contribution is 2.35. The van der Waals surface area contributed by atoms with Gasteiger partial charge in [0.1, 0.15) is 11.9 Å². The molecule has 0 aliphatic carbocycles. The van der Waals surface area contributed by atoms with Gasteiger partial charge in [0.25, 0.3) is 0 Å². The highest BCUT2D eigenvalue weighted by atomic mass is 35.5. The van der Waals surface area contributed by atoms with E-state index in [-0.39, 0.29) is 18.7 Å². The number of ether oxygens (including phenoxy) is 1. The van der Waals surface area contributed by atoms with Crippen LogP contribution in [0.15, 0.2) is 41.8 Å². The molecule has 1 heterocycles. The van der Waals surface area contributed by atoms with Crippen LogP contribution in [0.5, 0.6) is 0 Å². The Kier molecular flexibility index (Phi) is 8.24. The van der Waals surface area contributed by atoms with Crippen LogP contribution in [0.1, 0.15) is 22.9 Å². The molecule has 0 bridgehead atoms. The quantitative estimate of drug-likeness (QED) is 0.479. The number of methoxy groups -OCH3 is 1. The monoisotopic (exact) mass is 462 g/mol. The van der Waals surface area contributed by atoms with Gasteiger partial charge in [-0.25, -0.2) is 0 Å². The molecule has 1 atom stereocenters. The molecule has 0 aliphatic heterocycles. The van der Waals surface area contributed by atoms with Crippen LogP contribution in [0, 0.1) is 0 Å². The molecule has 1 unspecified atom stereocenters. The zero-order chi connectivity index (χ0) is 22.3. The maximum atomic E-state index is 13.2. The van der Waals surface area contributed by atoms with Crippen molar-refractivity contribution in [2.45, 2.75) is 18.6 Å². The summed E-state index contributed by atoms with van der Waals surface area (Å²) in [6, 6.07) is 6.05. The van der Waals surface area contributed by atoms with Gasteiger partial charge in [0.05, 0.1) is 19.1 Å². The first-order valence-corrected chi connectivity index (χ1v) is 10.0. The number of hydrogen-bond acceptors (Lipinski definition) is 5. The Morgan fingerprint density at radius 3 is 2.53 bits per heavy atom. The van der Waals surface area contributed by atoms with Crippen LogP contribution >= 0.6 is 22.9 Å². The summed E-state index contributed by atoms with van der Waals surface area (Å²) in [4.78, 5) is 38.1. The van der Waals surface area contributed by atoms with Crippen LogP contribution in [0.2, 0.25) is 0 Å². The van der Waals surface area contributed by atoms with E-state index in [2.05, 4.69) is 10.1 Å². The lowest BCUT2D eigenvalue weighted by Gasteiger charge is -2.30. The van der Waals surface area contributed by atoms with Gasteiger partial charge in [-0.3, -0.25) is 19.3 Å². The smallest absolute Gasteiger partial charge is 0.416 e. The SMILES string of the molecule is COC(=O)CCNC(=O)C(c1cccs1)N(C(=O)CCl)c1cccc(C(F)(F)F)c1. The molecular formula is C19H18ClF3N2O4S. The van der Waals surface area contributed by atoms with E-state index in [0.29, 0.717) is 4.88 Å². The molecule has 2 rings (SSSR count). The fourth-order valence-corrected chi connectivity index (χ4v) is 3.58. The van der Waals surface area contributed by atoms with Crippen LogP contribution in [0.4, 0.5) is 18.9 Å². The summed E-state index contributed by atoms with van der Waals surface area (Å²) in [5.41, 5.74) is -1.10. The van der Waals surface area contributed by atoms with Crippen molar-refractivity contribution >= 4 is 46.4 Å². The number of rotatable bonds is 8. The molecule has 6 nitrogen and oxygen atoms in total. The third-order valence-corrected chi connectivity index (χ3v) is 5.16. The second-order valence-electron chi connectivity index (χ2n) is 5.98. The number of alkyl halides is 4. The molecule has 2 aromatic rings. The molecule has 1 aromatic carbocycles. The van der Waals surface area contributed by atoms with E-state index >= 15 is 0 Å². The molecule has 0 aliphatic rings. The van der Waals surface area contributed by atoms with Crippen LogP contribution in [-0.2, 0) is 25.3 Å². The lowest BCUT2D eigenvalue weighted by atomic mass is 10.1. The van der Waals surface area contributed by atoms with Gasteiger partial charge in [-0.05, 0) is 29.6 Å². The Labute approximate surface area is 179 Å². The van der Waals surface area contributed by atoms with Gasteiger partial charge in [-0.2, -0.15) is 13.2 Å². The van der Waals surface area contributed by atoms with E-state index in [0.717, 1.165) is 34.4 Å². The normalized spacial score (nSPS) is 12.2. The van der Waals surface area contributed by atoms with Gasteiger partial charge >= 0.3 is 12.1 Å². The van der Waals surface area contributed by atoms with Gasteiger partial charge in [0.2, 0.25) is 11.8 Å². The number of nitrogens with one attached hydrogen (secondary N) is 1. The van der Waals surface area contributed by atoms with E-state index in [1.807, 2.05) is 0 Å². The van der Waals surface area contributed by atoms with Gasteiger partial charge in [-0.15, -0.1) is 22.9 Å². The molecule has 2 amide bonds. The van der Waals surface area contributed by atoms with E-state index in [4.69, 9.17) is 11.6 Å². The number of thiophene rings is 1. The Balaban J connectivity index is 2.44. The zero-order valence-corrected chi connectivity index (χ0v) is 17.3. The molecule has 30 heavy (non-hydrogen) atoms. The third-order valence-electron chi connectivity index (χ3n) is 4.01. The molecule has 0 radical (unpaired) electrons. The number of carbonyl (C=O) groups excluding carboxylic acids is 3. The standard InChI is InChI=1S/C19H18ClF3N2O4S/c1-29-16(27)7-8-24-18(28)17(14-6-3-9-30-14)25(15(26)11-20)13-5-2-4-12(10-13)19(21,22)23/h2-6,9-10,17H,7-8,11H2,1H3,(H,24,28). The Morgan fingerprint density at radius 1 is 1.23 bits per heavy atom. The van der Waals surface area contributed by atoms with Gasteiger partial charge < -0.3 is 10.1 Å². The highest BCUT2D eigenvalue weighted by molar-refractivity contribution is 7.10. The predicted octanol–water partition coefficient (Wildman–Crippen LogP) is 3.76. The summed E-state index contributed by atoms with van der Waals surface area (Å²) in [6.07, 6.45) is -4.74. The number of benzene rings is 1. The van der Waals surface area contributed by atoms with Gasteiger partial charge in [0.15, 0.2) is 0 Å². The first kappa shape index (κ1) is 23.7. The fourth-order valence-electron chi connectivity index (χ4n) is 2.64. The second-order valence-corrected chi connectivity index (χ2v) is 7.23. The average Bonchev–Trinajstić information content (AvgIpc) is 3.24. The number of amides is 2. The molecule has 0 saturated carbocycles. The molecule has 11 heteroatoms. The minimum absolute atomic E-state index is 0.0706. The Hall–Kier alpha value is -2.59. The molecular weight excluding hydrogens is 445 g/mol. The van der Waals surface area contributed by atoms with Crippen molar-refractivity contribution in [1.82, 2.24) is 5.32 Å². The van der Waals surface area contributed by atoms with Crippen molar-refractivity contribution < 1.29 is 32.3 Å². The first-order chi connectivity index (χ1) is 14.2.